The molecule has 0 unspecified atom stereocenters. The summed E-state index contributed by atoms with van der Waals surface area (Å²) < 4.78 is 14.2. The lowest BCUT2D eigenvalue weighted by Crippen LogP contribution is -2.39. The molecule has 0 aliphatic heterocycles. The minimum Gasteiger partial charge on any atom is -0.463 e. The van der Waals surface area contributed by atoms with Crippen molar-refractivity contribution in [2.24, 2.45) is 7.05 Å². The number of rotatable bonds is 9. The van der Waals surface area contributed by atoms with E-state index in [0.717, 1.165) is 4.57 Å². The summed E-state index contributed by atoms with van der Waals surface area (Å²) in [5, 5.41) is 9.31. The Morgan fingerprint density at radius 3 is 2.61 bits per heavy atom. The van der Waals surface area contributed by atoms with Gasteiger partial charge >= 0.3 is 11.7 Å². The maximum Gasteiger partial charge on any atom is 0.332 e. The first-order chi connectivity index (χ1) is 13.3. The van der Waals surface area contributed by atoms with E-state index in [-0.39, 0.29) is 42.3 Å². The standard InChI is InChI=1S/C18H25N5O5/c1-5-27-11-23-14(10-19)20-16-15(23)17(25)22(18(26)21(16)4)9-7-6-8-12(2)28-13(3)24/h12H,5-9,11H2,1-4H3/t12-/m1/s1. The molecule has 2 heterocycles. The van der Waals surface area contributed by atoms with E-state index in [0.29, 0.717) is 25.9 Å². The SMILES string of the molecule is CCOCn1c(C#N)nc2c1c(=O)n(CCCC[C@@H](C)OC(C)=O)c(=O)n2C. The molecule has 0 aliphatic rings. The number of imidazole rings is 1. The van der Waals surface area contributed by atoms with Crippen LogP contribution < -0.4 is 11.2 Å². The first-order valence-electron chi connectivity index (χ1n) is 9.16. The Hall–Kier alpha value is -2.93. The first kappa shape index (κ1) is 21.4. The van der Waals surface area contributed by atoms with Gasteiger partial charge in [0.05, 0.1) is 6.10 Å². The van der Waals surface area contributed by atoms with E-state index in [1.165, 1.54) is 23.1 Å². The predicted octanol–water partition coefficient (Wildman–Crippen LogP) is 0.884. The fraction of sp³-hybridized carbons (Fsp3) is 0.611. The summed E-state index contributed by atoms with van der Waals surface area (Å²) in [6, 6.07) is 1.93. The number of hydrogen-bond donors (Lipinski definition) is 0. The summed E-state index contributed by atoms with van der Waals surface area (Å²) >= 11 is 0. The minimum absolute atomic E-state index is 0.00321. The molecule has 0 aromatic carbocycles. The van der Waals surface area contributed by atoms with Crippen molar-refractivity contribution >= 4 is 17.1 Å². The van der Waals surface area contributed by atoms with Crippen LogP contribution in [0.5, 0.6) is 0 Å². The Kier molecular flexibility index (Phi) is 7.12. The van der Waals surface area contributed by atoms with Crippen molar-refractivity contribution in [3.8, 4) is 6.07 Å². The number of esters is 1. The molecule has 10 nitrogen and oxygen atoms in total. The molecule has 2 rings (SSSR count). The number of ether oxygens (including phenoxy) is 2. The van der Waals surface area contributed by atoms with Crippen molar-refractivity contribution in [1.82, 2.24) is 18.7 Å². The lowest BCUT2D eigenvalue weighted by Gasteiger charge is -2.12. The van der Waals surface area contributed by atoms with Crippen LogP contribution in [0.4, 0.5) is 0 Å². The van der Waals surface area contributed by atoms with Crippen molar-refractivity contribution < 1.29 is 14.3 Å². The first-order valence-corrected chi connectivity index (χ1v) is 9.16. The third kappa shape index (κ3) is 4.48. The van der Waals surface area contributed by atoms with Gasteiger partial charge in [-0.15, -0.1) is 0 Å². The number of aromatic nitrogens is 4. The van der Waals surface area contributed by atoms with E-state index in [2.05, 4.69) is 4.98 Å². The lowest BCUT2D eigenvalue weighted by molar-refractivity contribution is -0.145. The van der Waals surface area contributed by atoms with E-state index in [4.69, 9.17) is 9.47 Å². The molecule has 2 aromatic heterocycles. The van der Waals surface area contributed by atoms with Gasteiger partial charge in [0.1, 0.15) is 12.8 Å². The van der Waals surface area contributed by atoms with Crippen LogP contribution in [0.1, 0.15) is 45.9 Å². The molecule has 10 heteroatoms. The van der Waals surface area contributed by atoms with Crippen molar-refractivity contribution in [2.75, 3.05) is 6.61 Å². The van der Waals surface area contributed by atoms with Crippen LogP contribution in [0.25, 0.3) is 11.2 Å². The molecule has 0 amide bonds. The molecular weight excluding hydrogens is 366 g/mol. The lowest BCUT2D eigenvalue weighted by atomic mass is 10.2. The van der Waals surface area contributed by atoms with Gasteiger partial charge in [0, 0.05) is 27.1 Å². The molecule has 0 saturated heterocycles. The van der Waals surface area contributed by atoms with Gasteiger partial charge in [0.15, 0.2) is 11.2 Å². The summed E-state index contributed by atoms with van der Waals surface area (Å²) in [7, 11) is 1.52. The molecule has 28 heavy (non-hydrogen) atoms. The van der Waals surface area contributed by atoms with Crippen molar-refractivity contribution in [1.29, 1.82) is 5.26 Å². The molecular formula is C18H25N5O5. The fourth-order valence-electron chi connectivity index (χ4n) is 3.01. The number of unbranched alkanes of at least 4 members (excludes halogenated alkanes) is 1. The van der Waals surface area contributed by atoms with E-state index >= 15 is 0 Å². The van der Waals surface area contributed by atoms with E-state index in [9.17, 15) is 19.6 Å². The number of carbonyl (C=O) groups excluding carboxylic acids is 1. The molecule has 152 valence electrons. The van der Waals surface area contributed by atoms with E-state index in [1.807, 2.05) is 6.07 Å². The molecule has 0 bridgehead atoms. The highest BCUT2D eigenvalue weighted by Gasteiger charge is 2.20. The number of fused-ring (bicyclic) bond motifs is 1. The van der Waals surface area contributed by atoms with Crippen LogP contribution in [0.2, 0.25) is 0 Å². The molecule has 0 spiro atoms. The largest absolute Gasteiger partial charge is 0.463 e. The Morgan fingerprint density at radius 2 is 2.00 bits per heavy atom. The quantitative estimate of drug-likeness (QED) is 0.459. The Labute approximate surface area is 161 Å². The Balaban J connectivity index is 2.31. The van der Waals surface area contributed by atoms with Crippen LogP contribution in [-0.2, 0) is 34.6 Å². The zero-order valence-electron chi connectivity index (χ0n) is 16.6. The molecule has 0 fully saturated rings. The van der Waals surface area contributed by atoms with Gasteiger partial charge in [-0.25, -0.2) is 9.78 Å². The number of carbonyl (C=O) groups is 1. The number of hydrogen-bond acceptors (Lipinski definition) is 7. The maximum absolute atomic E-state index is 12.9. The third-order valence-electron chi connectivity index (χ3n) is 4.37. The molecule has 1 atom stereocenters. The number of aryl methyl sites for hydroxylation is 1. The second kappa shape index (κ2) is 9.32. The summed E-state index contributed by atoms with van der Waals surface area (Å²) in [5.74, 6) is -0.317. The van der Waals surface area contributed by atoms with Crippen LogP contribution >= 0.6 is 0 Å². The highest BCUT2D eigenvalue weighted by Crippen LogP contribution is 2.11. The fourth-order valence-corrected chi connectivity index (χ4v) is 3.01. The predicted molar refractivity (Wildman–Crippen MR) is 101 cm³/mol. The van der Waals surface area contributed by atoms with Crippen LogP contribution in [0.3, 0.4) is 0 Å². The Morgan fingerprint density at radius 1 is 1.29 bits per heavy atom. The van der Waals surface area contributed by atoms with Gasteiger partial charge in [-0.1, -0.05) is 0 Å². The van der Waals surface area contributed by atoms with Crippen LogP contribution in [0.15, 0.2) is 9.59 Å². The average Bonchev–Trinajstić information content (AvgIpc) is 3.02. The van der Waals surface area contributed by atoms with Crippen LogP contribution in [-0.4, -0.2) is 37.4 Å². The summed E-state index contributed by atoms with van der Waals surface area (Å²) in [5.41, 5.74) is -0.665. The summed E-state index contributed by atoms with van der Waals surface area (Å²) in [6.07, 6.45) is 1.67. The van der Waals surface area contributed by atoms with Crippen LogP contribution in [0, 0.1) is 11.3 Å². The molecule has 0 aliphatic carbocycles. The minimum atomic E-state index is -0.500. The van der Waals surface area contributed by atoms with Gasteiger partial charge in [0.2, 0.25) is 5.82 Å². The van der Waals surface area contributed by atoms with Crippen molar-refractivity contribution in [3.05, 3.63) is 26.7 Å². The molecule has 0 N–H and O–H groups in total. The number of nitriles is 1. The maximum atomic E-state index is 12.9. The third-order valence-corrected chi connectivity index (χ3v) is 4.37. The van der Waals surface area contributed by atoms with Gasteiger partial charge in [-0.3, -0.25) is 23.3 Å². The highest BCUT2D eigenvalue weighted by atomic mass is 16.5. The topological polar surface area (TPSA) is 121 Å². The van der Waals surface area contributed by atoms with Gasteiger partial charge in [-0.05, 0) is 33.1 Å². The zero-order valence-corrected chi connectivity index (χ0v) is 16.6. The Bertz CT molecular complexity index is 1010. The normalized spacial score (nSPS) is 12.1. The second-order valence-electron chi connectivity index (χ2n) is 6.48. The van der Waals surface area contributed by atoms with E-state index < -0.39 is 11.2 Å². The van der Waals surface area contributed by atoms with E-state index in [1.54, 1.807) is 13.8 Å². The molecule has 0 saturated carbocycles. The second-order valence-corrected chi connectivity index (χ2v) is 6.48. The van der Waals surface area contributed by atoms with Gasteiger partial charge in [0.25, 0.3) is 5.56 Å². The van der Waals surface area contributed by atoms with Crippen molar-refractivity contribution in [2.45, 2.75) is 59.4 Å². The molecule has 0 radical (unpaired) electrons. The van der Waals surface area contributed by atoms with Crippen molar-refractivity contribution in [3.63, 3.8) is 0 Å². The molecule has 2 aromatic rings. The summed E-state index contributed by atoms with van der Waals surface area (Å²) in [6.45, 7) is 5.59. The monoisotopic (exact) mass is 391 g/mol. The zero-order chi connectivity index (χ0) is 20.8. The highest BCUT2D eigenvalue weighted by molar-refractivity contribution is 5.71. The summed E-state index contributed by atoms with van der Waals surface area (Å²) in [4.78, 5) is 40.6. The van der Waals surface area contributed by atoms with Gasteiger partial charge < -0.3 is 9.47 Å². The smallest absolute Gasteiger partial charge is 0.332 e. The van der Waals surface area contributed by atoms with Gasteiger partial charge in [-0.2, -0.15) is 5.26 Å². The number of nitrogens with zero attached hydrogens (tertiary/aromatic N) is 5. The average molecular weight is 391 g/mol.